The van der Waals surface area contributed by atoms with Crippen LogP contribution in [0.3, 0.4) is 0 Å². The molecule has 13 rings (SSSR count). The number of aromatic amines is 2. The largest absolute Gasteiger partial charge is 0.478 e. The van der Waals surface area contributed by atoms with Gasteiger partial charge in [0.25, 0.3) is 0 Å². The van der Waals surface area contributed by atoms with Gasteiger partial charge < -0.3 is 15.1 Å². The van der Waals surface area contributed by atoms with Crippen LogP contribution in [0.1, 0.15) is 99.9 Å². The zero-order chi connectivity index (χ0) is 55.0. The second-order valence-electron chi connectivity index (χ2n) is 22.1. The zero-order valence-electron chi connectivity index (χ0n) is 46.5. The number of nitrogens with one attached hydrogen (secondary N) is 2. The van der Waals surface area contributed by atoms with Crippen molar-refractivity contribution in [2.24, 2.45) is 0 Å². The summed E-state index contributed by atoms with van der Waals surface area (Å²) in [5.41, 5.74) is 32.3. The Morgan fingerprint density at radius 3 is 0.873 bits per heavy atom. The minimum absolute atomic E-state index is 0.126. The summed E-state index contributed by atoms with van der Waals surface area (Å²) in [7, 11) is 0. The van der Waals surface area contributed by atoms with Gasteiger partial charge in [0, 0.05) is 22.3 Å². The Balaban J connectivity index is 1.38. The van der Waals surface area contributed by atoms with Crippen LogP contribution in [0.15, 0.2) is 91.0 Å². The Morgan fingerprint density at radius 2 is 0.595 bits per heavy atom. The molecule has 0 unspecified atom stereocenters. The molecule has 8 bridgehead atoms. The molecule has 0 saturated carbocycles. The second kappa shape index (κ2) is 18.1. The number of aromatic nitrogens is 8. The standard InChI is InChI=1S/C69H58N8O2/c1-32-23-36(5)53(37(6)24-32)57-48-19-20-50(70-48)59(55-40(9)27-34(3)28-41(55)10)63-67-68(75-52-31-44(69(78)79)17-18-47(52)74-67)64(77-63)60(56-42(11)29-35(4)30-43(56)12)51-22-21-49(71-51)58(54-38(7)25-33(2)26-39(54)8)62-66-65(61(57)76-62)72-45-15-13-14-16-46(45)73-66/h13-31,76-77H,1-12H3,(H,78,79). The number of hydrogen-bond donors (Lipinski definition) is 3. The minimum atomic E-state index is -1.04. The van der Waals surface area contributed by atoms with Crippen LogP contribution in [0.4, 0.5) is 0 Å². The maximum atomic E-state index is 12.6. The van der Waals surface area contributed by atoms with Gasteiger partial charge in [-0.2, -0.15) is 0 Å². The molecule has 2 aliphatic heterocycles. The Hall–Kier alpha value is -9.41. The lowest BCUT2D eigenvalue weighted by molar-refractivity contribution is 0.0697. The highest BCUT2D eigenvalue weighted by atomic mass is 16.4. The highest BCUT2D eigenvalue weighted by Crippen LogP contribution is 2.47. The molecular formula is C69H58N8O2. The van der Waals surface area contributed by atoms with Crippen LogP contribution in [-0.2, 0) is 0 Å². The van der Waals surface area contributed by atoms with Crippen LogP contribution in [0.2, 0.25) is 0 Å². The fourth-order valence-electron chi connectivity index (χ4n) is 13.2. The van der Waals surface area contributed by atoms with Crippen molar-refractivity contribution in [1.82, 2.24) is 39.9 Å². The van der Waals surface area contributed by atoms with Crippen LogP contribution in [-0.4, -0.2) is 50.9 Å². The van der Waals surface area contributed by atoms with Crippen LogP contribution in [0.5, 0.6) is 0 Å². The Kier molecular flexibility index (Phi) is 11.3. The molecule has 0 aliphatic carbocycles. The molecule has 386 valence electrons. The summed E-state index contributed by atoms with van der Waals surface area (Å²) in [4.78, 5) is 54.5. The molecule has 0 amide bonds. The van der Waals surface area contributed by atoms with Gasteiger partial charge in [-0.15, -0.1) is 0 Å². The first kappa shape index (κ1) is 49.2. The summed E-state index contributed by atoms with van der Waals surface area (Å²) < 4.78 is 0. The molecular weight excluding hydrogens is 973 g/mol. The zero-order valence-corrected chi connectivity index (χ0v) is 46.5. The van der Waals surface area contributed by atoms with Crippen molar-refractivity contribution < 1.29 is 9.90 Å². The van der Waals surface area contributed by atoms with E-state index in [-0.39, 0.29) is 5.56 Å². The lowest BCUT2D eigenvalue weighted by Crippen LogP contribution is -1.97. The van der Waals surface area contributed by atoms with E-state index in [1.807, 2.05) is 24.3 Å². The number of benzene rings is 6. The van der Waals surface area contributed by atoms with Gasteiger partial charge in [0.15, 0.2) is 0 Å². The number of hydrogen-bond acceptors (Lipinski definition) is 7. The van der Waals surface area contributed by atoms with Crippen molar-refractivity contribution >= 4 is 96.5 Å². The van der Waals surface area contributed by atoms with Crippen LogP contribution < -0.4 is 0 Å². The molecule has 79 heavy (non-hydrogen) atoms. The first-order chi connectivity index (χ1) is 37.9. The smallest absolute Gasteiger partial charge is 0.335 e. The summed E-state index contributed by atoms with van der Waals surface area (Å²) in [6.07, 6.45) is 8.53. The van der Waals surface area contributed by atoms with Gasteiger partial charge in [-0.25, -0.2) is 34.7 Å². The van der Waals surface area contributed by atoms with E-state index in [1.165, 1.54) is 5.56 Å². The van der Waals surface area contributed by atoms with Gasteiger partial charge in [0.2, 0.25) is 0 Å². The topological polar surface area (TPSA) is 146 Å². The monoisotopic (exact) mass is 1030 g/mol. The molecule has 11 aromatic rings. The Bertz CT molecular complexity index is 4740. The first-order valence-electron chi connectivity index (χ1n) is 26.9. The summed E-state index contributed by atoms with van der Waals surface area (Å²) >= 11 is 0. The quantitative estimate of drug-likeness (QED) is 0.154. The lowest BCUT2D eigenvalue weighted by Gasteiger charge is -2.15. The maximum Gasteiger partial charge on any atom is 0.335 e. The fourth-order valence-corrected chi connectivity index (χ4v) is 13.2. The van der Waals surface area contributed by atoms with E-state index in [2.05, 4.69) is 166 Å². The predicted molar refractivity (Wildman–Crippen MR) is 326 cm³/mol. The van der Waals surface area contributed by atoms with E-state index in [1.54, 1.807) is 18.2 Å². The molecule has 2 aliphatic rings. The van der Waals surface area contributed by atoms with Crippen molar-refractivity contribution in [3.63, 3.8) is 0 Å². The Morgan fingerprint density at radius 1 is 0.329 bits per heavy atom. The van der Waals surface area contributed by atoms with E-state index in [4.69, 9.17) is 29.9 Å². The van der Waals surface area contributed by atoms with E-state index in [9.17, 15) is 9.90 Å². The molecule has 0 radical (unpaired) electrons. The molecule has 3 N–H and O–H groups in total. The molecule has 5 aromatic heterocycles. The summed E-state index contributed by atoms with van der Waals surface area (Å²) in [6, 6.07) is 30.9. The molecule has 0 saturated heterocycles. The van der Waals surface area contributed by atoms with Crippen molar-refractivity contribution in [3.8, 4) is 44.5 Å². The number of carboxylic acids is 1. The van der Waals surface area contributed by atoms with Gasteiger partial charge in [-0.1, -0.05) is 82.9 Å². The van der Waals surface area contributed by atoms with Gasteiger partial charge in [-0.05, 0) is 204 Å². The SMILES string of the molecule is Cc1cc(C)c(-c2c3nc(c(-c4c(C)cc(C)cc4C)c4[nH]c(c(-c5c(C)cc(C)cc5C)c5nc(c(-c6c(C)cc(C)cc6C)c6[nH]c2c2nc7ccccc7nc62)C=C5)c2nc5cc(C(=O)O)ccc5nc42)C=C3)c(C)c1. The van der Waals surface area contributed by atoms with Gasteiger partial charge in [-0.3, -0.25) is 0 Å². The van der Waals surface area contributed by atoms with E-state index in [0.717, 1.165) is 167 Å². The van der Waals surface area contributed by atoms with Crippen molar-refractivity contribution in [2.45, 2.75) is 83.1 Å². The molecule has 0 spiro atoms. The first-order valence-corrected chi connectivity index (χ1v) is 26.9. The minimum Gasteiger partial charge on any atom is -0.478 e. The third kappa shape index (κ3) is 7.87. The van der Waals surface area contributed by atoms with Crippen LogP contribution in [0, 0.1) is 83.1 Å². The number of aromatic carboxylic acids is 1. The van der Waals surface area contributed by atoms with Crippen LogP contribution in [0.25, 0.3) is 135 Å². The highest BCUT2D eigenvalue weighted by molar-refractivity contribution is 6.18. The molecule has 10 heteroatoms. The highest BCUT2D eigenvalue weighted by Gasteiger charge is 2.28. The second-order valence-corrected chi connectivity index (χ2v) is 22.1. The number of aryl methyl sites for hydroxylation is 12. The lowest BCUT2D eigenvalue weighted by atomic mass is 9.92. The molecule has 0 atom stereocenters. The molecule has 7 heterocycles. The molecule has 10 nitrogen and oxygen atoms in total. The third-order valence-corrected chi connectivity index (χ3v) is 15.9. The normalized spacial score (nSPS) is 12.3. The van der Waals surface area contributed by atoms with Crippen molar-refractivity contribution in [3.05, 3.63) is 186 Å². The van der Waals surface area contributed by atoms with Crippen molar-refractivity contribution in [2.75, 3.05) is 0 Å². The number of fused-ring (bicyclic) bond motifs is 16. The molecule has 6 aromatic carbocycles. The van der Waals surface area contributed by atoms with E-state index in [0.29, 0.717) is 27.6 Å². The Labute approximate surface area is 457 Å². The van der Waals surface area contributed by atoms with Crippen LogP contribution >= 0.6 is 0 Å². The number of carboxylic acid groups (broad SMARTS) is 1. The average Bonchev–Trinajstić information content (AvgIpc) is 4.36. The van der Waals surface area contributed by atoms with Gasteiger partial charge >= 0.3 is 5.97 Å². The summed E-state index contributed by atoms with van der Waals surface area (Å²) in [6.45, 7) is 25.9. The molecule has 0 fully saturated rings. The van der Waals surface area contributed by atoms with E-state index < -0.39 is 5.97 Å². The number of H-pyrrole nitrogens is 2. The average molecular weight is 1030 g/mol. The van der Waals surface area contributed by atoms with E-state index >= 15 is 0 Å². The maximum absolute atomic E-state index is 12.6. The number of carbonyl (C=O) groups is 1. The summed E-state index contributed by atoms with van der Waals surface area (Å²) in [5, 5.41) is 10.3. The van der Waals surface area contributed by atoms with Gasteiger partial charge in [0.05, 0.1) is 72.5 Å². The van der Waals surface area contributed by atoms with Crippen molar-refractivity contribution in [1.29, 1.82) is 0 Å². The number of rotatable bonds is 5. The predicted octanol–water partition coefficient (Wildman–Crippen LogP) is 16.9. The fraction of sp³-hybridized carbons (Fsp3) is 0.174. The third-order valence-electron chi connectivity index (χ3n) is 15.9. The number of nitrogens with zero attached hydrogens (tertiary/aromatic N) is 6. The number of para-hydroxylation sites is 2. The summed E-state index contributed by atoms with van der Waals surface area (Å²) in [5.74, 6) is -1.04. The van der Waals surface area contributed by atoms with Gasteiger partial charge in [0.1, 0.15) is 22.1 Å².